The van der Waals surface area contributed by atoms with E-state index in [1.54, 1.807) is 6.20 Å². The molecule has 0 spiro atoms. The topological polar surface area (TPSA) is 123 Å². The molecule has 2 rings (SSSR count). The highest BCUT2D eigenvalue weighted by Gasteiger charge is 2.11. The van der Waals surface area contributed by atoms with Gasteiger partial charge in [-0.25, -0.2) is 5.43 Å². The van der Waals surface area contributed by atoms with Gasteiger partial charge < -0.3 is 10.1 Å². The minimum atomic E-state index is -0.838. The summed E-state index contributed by atoms with van der Waals surface area (Å²) in [6.07, 6.45) is 2.56. The van der Waals surface area contributed by atoms with Gasteiger partial charge in [0.25, 0.3) is 11.6 Å². The second-order valence-electron chi connectivity index (χ2n) is 4.03. The molecule has 114 valence electrons. The van der Waals surface area contributed by atoms with Crippen LogP contribution in [-0.4, -0.2) is 22.0 Å². The van der Waals surface area contributed by atoms with Crippen LogP contribution in [0, 0.1) is 10.1 Å². The number of hydrogen-bond donors (Lipinski definition) is 2. The molecule has 2 aromatic rings. The summed E-state index contributed by atoms with van der Waals surface area (Å²) in [6, 6.07) is 3.71. The number of nitrogens with zero attached hydrogens (tertiary/aromatic N) is 2. The monoisotopic (exact) mass is 385 g/mol. The van der Waals surface area contributed by atoms with Crippen molar-refractivity contribution in [1.82, 2.24) is 10.4 Å². The van der Waals surface area contributed by atoms with Crippen LogP contribution in [0.25, 0.3) is 0 Å². The summed E-state index contributed by atoms with van der Waals surface area (Å²) in [6.45, 7) is 0. The number of carbonyl (C=O) groups is 1. The molecule has 0 aliphatic carbocycles. The predicted molar refractivity (Wildman–Crippen MR) is 81.1 cm³/mol. The second kappa shape index (κ2) is 6.58. The van der Waals surface area contributed by atoms with Gasteiger partial charge in [-0.05, 0) is 39.4 Å². The Bertz CT molecular complexity index is 774. The molecular weight excluding hydrogens is 380 g/mol. The Morgan fingerprint density at radius 2 is 2.18 bits per heavy atom. The third kappa shape index (κ3) is 3.62. The summed E-state index contributed by atoms with van der Waals surface area (Å²) in [5.74, 6) is -1.37. The first kappa shape index (κ1) is 16.0. The summed E-state index contributed by atoms with van der Waals surface area (Å²) >= 11 is 8.88. The van der Waals surface area contributed by atoms with Crippen LogP contribution in [0.3, 0.4) is 0 Å². The number of carbonyl (C=O) groups excluding carboxylic acids is 1. The van der Waals surface area contributed by atoms with Crippen LogP contribution in [0.1, 0.15) is 16.1 Å². The first-order chi connectivity index (χ1) is 10.4. The van der Waals surface area contributed by atoms with Crippen molar-refractivity contribution in [3.8, 4) is 5.75 Å². The van der Waals surface area contributed by atoms with Gasteiger partial charge in [0.15, 0.2) is 0 Å². The Hall–Kier alpha value is -2.39. The number of hydrazone groups is 1. The molecule has 0 radical (unpaired) electrons. The summed E-state index contributed by atoms with van der Waals surface area (Å²) in [5, 5.41) is 26.1. The smallest absolute Gasteiger partial charge is 0.287 e. The van der Waals surface area contributed by atoms with E-state index in [4.69, 9.17) is 11.6 Å². The van der Waals surface area contributed by atoms with Gasteiger partial charge in [0.2, 0.25) is 0 Å². The lowest BCUT2D eigenvalue weighted by Gasteiger charge is -2.10. The van der Waals surface area contributed by atoms with Gasteiger partial charge in [0.05, 0.1) is 11.1 Å². The van der Waals surface area contributed by atoms with Crippen LogP contribution < -0.4 is 10.5 Å². The normalized spacial score (nSPS) is 10.8. The Kier molecular flexibility index (Phi) is 4.78. The third-order valence-corrected chi connectivity index (χ3v) is 3.20. The molecule has 10 heteroatoms. The minimum absolute atomic E-state index is 0.0207. The average Bonchev–Trinajstić information content (AvgIpc) is 2.88. The number of amides is 1. The van der Waals surface area contributed by atoms with Crippen molar-refractivity contribution in [2.75, 3.05) is 0 Å². The van der Waals surface area contributed by atoms with Crippen molar-refractivity contribution in [2.45, 2.75) is 0 Å². The van der Waals surface area contributed by atoms with Gasteiger partial charge in [-0.15, -0.1) is 0 Å². The summed E-state index contributed by atoms with van der Waals surface area (Å²) in [5.41, 5.74) is 1.67. The van der Waals surface area contributed by atoms with E-state index in [9.17, 15) is 20.0 Å². The second-order valence-corrected chi connectivity index (χ2v) is 5.38. The first-order valence-corrected chi connectivity index (χ1v) is 6.88. The van der Waals surface area contributed by atoms with Crippen molar-refractivity contribution < 1.29 is 14.8 Å². The van der Waals surface area contributed by atoms with E-state index in [1.807, 2.05) is 0 Å². The number of nitrogens with one attached hydrogen (secondary N) is 2. The molecule has 0 saturated heterocycles. The van der Waals surface area contributed by atoms with Crippen LogP contribution in [0.4, 0.5) is 5.69 Å². The number of nitro groups is 1. The van der Waals surface area contributed by atoms with E-state index >= 15 is 0 Å². The minimum Gasteiger partial charge on any atom is -0.867 e. The van der Waals surface area contributed by atoms with E-state index in [0.29, 0.717) is 4.47 Å². The first-order valence-electron chi connectivity index (χ1n) is 5.70. The molecule has 0 unspecified atom stereocenters. The summed E-state index contributed by atoms with van der Waals surface area (Å²) < 4.78 is 0.689. The van der Waals surface area contributed by atoms with Crippen LogP contribution in [0.2, 0.25) is 5.02 Å². The average molecular weight is 387 g/mol. The molecule has 1 aromatic heterocycles. The van der Waals surface area contributed by atoms with Gasteiger partial charge in [0, 0.05) is 21.8 Å². The molecule has 22 heavy (non-hydrogen) atoms. The maximum absolute atomic E-state index is 11.8. The fraction of sp³-hybridized carbons (Fsp3) is 0. The van der Waals surface area contributed by atoms with Crippen molar-refractivity contribution in [1.29, 1.82) is 0 Å². The van der Waals surface area contributed by atoms with Crippen LogP contribution >= 0.6 is 27.5 Å². The SMILES string of the molecule is O=C(N/N=C\c1cc(Cl)cc([N+](=O)[O-])c1[O-])c1cc(Br)c[nH]1. The molecule has 1 heterocycles. The molecule has 1 amide bonds. The Balaban J connectivity index is 2.17. The molecule has 0 aliphatic rings. The zero-order valence-corrected chi connectivity index (χ0v) is 13.0. The maximum Gasteiger partial charge on any atom is 0.287 e. The Labute approximate surface area is 137 Å². The number of hydrogen-bond acceptors (Lipinski definition) is 5. The number of aromatic amines is 1. The lowest BCUT2D eigenvalue weighted by molar-refractivity contribution is -0.398. The number of rotatable bonds is 4. The molecule has 0 aliphatic heterocycles. The van der Waals surface area contributed by atoms with Gasteiger partial charge in [0.1, 0.15) is 5.69 Å². The van der Waals surface area contributed by atoms with E-state index in [-0.39, 0.29) is 16.3 Å². The highest BCUT2D eigenvalue weighted by Crippen LogP contribution is 2.29. The zero-order valence-electron chi connectivity index (χ0n) is 10.7. The Morgan fingerprint density at radius 3 is 2.77 bits per heavy atom. The van der Waals surface area contributed by atoms with Crippen molar-refractivity contribution in [3.63, 3.8) is 0 Å². The van der Waals surface area contributed by atoms with E-state index in [1.165, 1.54) is 12.1 Å². The summed E-state index contributed by atoms with van der Waals surface area (Å²) in [4.78, 5) is 24.3. The van der Waals surface area contributed by atoms with E-state index < -0.39 is 22.3 Å². The number of nitro benzene ring substituents is 1. The number of benzene rings is 1. The number of H-pyrrole nitrogens is 1. The van der Waals surface area contributed by atoms with Crippen LogP contribution in [-0.2, 0) is 0 Å². The third-order valence-electron chi connectivity index (χ3n) is 2.52. The maximum atomic E-state index is 11.8. The lowest BCUT2D eigenvalue weighted by Crippen LogP contribution is -2.18. The molecule has 1 aromatic carbocycles. The van der Waals surface area contributed by atoms with Crippen molar-refractivity contribution in [2.24, 2.45) is 5.10 Å². The molecular formula is C12H7BrClN4O4-. The molecule has 8 nitrogen and oxygen atoms in total. The highest BCUT2D eigenvalue weighted by atomic mass is 79.9. The largest absolute Gasteiger partial charge is 0.867 e. The summed E-state index contributed by atoms with van der Waals surface area (Å²) in [7, 11) is 0. The predicted octanol–water partition coefficient (Wildman–Crippen LogP) is 2.18. The quantitative estimate of drug-likeness (QED) is 0.475. The number of aromatic nitrogens is 1. The van der Waals surface area contributed by atoms with Crippen molar-refractivity contribution >= 4 is 45.3 Å². The fourth-order valence-corrected chi connectivity index (χ4v) is 2.12. The van der Waals surface area contributed by atoms with E-state index in [2.05, 4.69) is 31.4 Å². The zero-order chi connectivity index (χ0) is 16.3. The molecule has 0 fully saturated rings. The molecule has 2 N–H and O–H groups in total. The lowest BCUT2D eigenvalue weighted by atomic mass is 10.2. The van der Waals surface area contributed by atoms with Crippen LogP contribution in [0.5, 0.6) is 5.75 Å². The van der Waals surface area contributed by atoms with Gasteiger partial charge in [-0.3, -0.25) is 14.9 Å². The Morgan fingerprint density at radius 1 is 1.45 bits per heavy atom. The fourth-order valence-electron chi connectivity index (χ4n) is 1.55. The molecule has 0 bridgehead atoms. The van der Waals surface area contributed by atoms with Crippen molar-refractivity contribution in [3.05, 3.63) is 55.3 Å². The van der Waals surface area contributed by atoms with Gasteiger partial charge in [-0.2, -0.15) is 5.10 Å². The van der Waals surface area contributed by atoms with Crippen LogP contribution in [0.15, 0.2) is 34.0 Å². The van der Waals surface area contributed by atoms with Gasteiger partial charge >= 0.3 is 0 Å². The number of halogens is 2. The van der Waals surface area contributed by atoms with Gasteiger partial charge in [-0.1, -0.05) is 11.6 Å². The standard InChI is InChI=1S/C12H8BrClN4O4/c13-7-2-9(15-5-7)12(20)17-16-4-6-1-8(14)3-10(11(6)19)18(21)22/h1-5,15,19H,(H,17,20)/p-1/b16-4-. The highest BCUT2D eigenvalue weighted by molar-refractivity contribution is 9.10. The molecule has 0 saturated carbocycles. The molecule has 0 atom stereocenters. The van der Waals surface area contributed by atoms with E-state index in [0.717, 1.165) is 12.3 Å².